The molecule has 0 radical (unpaired) electrons. The van der Waals surface area contributed by atoms with E-state index in [9.17, 15) is 0 Å². The summed E-state index contributed by atoms with van der Waals surface area (Å²) in [5.41, 5.74) is 8.93. The van der Waals surface area contributed by atoms with E-state index in [2.05, 4.69) is 55.2 Å². The molecule has 0 fully saturated rings. The summed E-state index contributed by atoms with van der Waals surface area (Å²) in [5.74, 6) is 0. The first-order valence-electron chi connectivity index (χ1n) is 7.19. The van der Waals surface area contributed by atoms with E-state index in [0.29, 0.717) is 6.04 Å². The summed E-state index contributed by atoms with van der Waals surface area (Å²) in [6.07, 6.45) is 2.05. The fourth-order valence-corrected chi connectivity index (χ4v) is 2.14. The molecule has 0 bridgehead atoms. The second-order valence-corrected chi connectivity index (χ2v) is 5.43. The van der Waals surface area contributed by atoms with E-state index in [4.69, 9.17) is 5.73 Å². The lowest BCUT2D eigenvalue weighted by Crippen LogP contribution is -2.22. The lowest BCUT2D eigenvalue weighted by molar-refractivity contribution is 0.266. The molecular formula is C16H24N4. The highest BCUT2D eigenvalue weighted by Crippen LogP contribution is 2.12. The lowest BCUT2D eigenvalue weighted by Gasteiger charge is -2.19. The largest absolute Gasteiger partial charge is 0.399 e. The van der Waals surface area contributed by atoms with Crippen LogP contribution in [0, 0.1) is 0 Å². The second-order valence-electron chi connectivity index (χ2n) is 5.43. The van der Waals surface area contributed by atoms with Crippen molar-refractivity contribution in [3.8, 4) is 0 Å². The van der Waals surface area contributed by atoms with Crippen LogP contribution in [0.5, 0.6) is 0 Å². The Morgan fingerprint density at radius 1 is 1.15 bits per heavy atom. The molecular weight excluding hydrogens is 248 g/mol. The van der Waals surface area contributed by atoms with Crippen LogP contribution in [0.3, 0.4) is 0 Å². The number of nitrogens with zero attached hydrogens (tertiary/aromatic N) is 3. The predicted octanol–water partition coefficient (Wildman–Crippen LogP) is 3.07. The van der Waals surface area contributed by atoms with Crippen molar-refractivity contribution in [1.82, 2.24) is 14.7 Å². The first kappa shape index (κ1) is 14.6. The number of benzene rings is 1. The van der Waals surface area contributed by atoms with Gasteiger partial charge >= 0.3 is 0 Å². The smallest absolute Gasteiger partial charge is 0.0765 e. The second kappa shape index (κ2) is 6.57. The summed E-state index contributed by atoms with van der Waals surface area (Å²) >= 11 is 0. The van der Waals surface area contributed by atoms with Crippen molar-refractivity contribution in [2.24, 2.45) is 0 Å². The molecule has 2 N–H and O–H groups in total. The Morgan fingerprint density at radius 2 is 1.85 bits per heavy atom. The number of rotatable bonds is 6. The van der Waals surface area contributed by atoms with Crippen molar-refractivity contribution in [3.63, 3.8) is 0 Å². The molecule has 0 aliphatic rings. The highest BCUT2D eigenvalue weighted by Gasteiger charge is 2.08. The molecule has 0 aliphatic heterocycles. The summed E-state index contributed by atoms with van der Waals surface area (Å²) < 4.78 is 2.01. The molecule has 20 heavy (non-hydrogen) atoms. The average molecular weight is 272 g/mol. The highest BCUT2D eigenvalue weighted by atomic mass is 15.3. The van der Waals surface area contributed by atoms with Crippen LogP contribution in [0.15, 0.2) is 36.5 Å². The van der Waals surface area contributed by atoms with E-state index < -0.39 is 0 Å². The van der Waals surface area contributed by atoms with Gasteiger partial charge in [-0.3, -0.25) is 9.58 Å². The van der Waals surface area contributed by atoms with Crippen molar-refractivity contribution < 1.29 is 0 Å². The Balaban J connectivity index is 1.99. The topological polar surface area (TPSA) is 47.1 Å². The van der Waals surface area contributed by atoms with Crippen LogP contribution in [0.1, 0.15) is 38.1 Å². The van der Waals surface area contributed by atoms with Crippen molar-refractivity contribution in [3.05, 3.63) is 47.8 Å². The minimum atomic E-state index is 0.413. The number of aromatic nitrogens is 2. The molecule has 0 spiro atoms. The molecule has 1 aromatic heterocycles. The summed E-state index contributed by atoms with van der Waals surface area (Å²) in [4.78, 5) is 2.37. The van der Waals surface area contributed by atoms with Gasteiger partial charge in [0, 0.05) is 31.0 Å². The van der Waals surface area contributed by atoms with Gasteiger partial charge in [0.15, 0.2) is 0 Å². The van der Waals surface area contributed by atoms with Gasteiger partial charge in [0.25, 0.3) is 0 Å². The van der Waals surface area contributed by atoms with Crippen LogP contribution in [-0.2, 0) is 13.1 Å². The van der Waals surface area contributed by atoms with Crippen LogP contribution in [-0.4, -0.2) is 21.2 Å². The standard InChI is InChI=1S/C16H24N4/c1-4-19(11-14-5-7-15(17)8-6-14)12-16-9-10-20(18-16)13(2)3/h5-10,13H,4,11-12,17H2,1-3H3. The number of hydrogen-bond donors (Lipinski definition) is 1. The SMILES string of the molecule is CCN(Cc1ccc(N)cc1)Cc1ccn(C(C)C)n1. The fourth-order valence-electron chi connectivity index (χ4n) is 2.14. The van der Waals surface area contributed by atoms with Crippen LogP contribution in [0.2, 0.25) is 0 Å². The Labute approximate surface area is 121 Å². The molecule has 4 heteroatoms. The lowest BCUT2D eigenvalue weighted by atomic mass is 10.2. The first-order chi connectivity index (χ1) is 9.58. The number of hydrogen-bond acceptors (Lipinski definition) is 3. The number of nitrogens with two attached hydrogens (primary N) is 1. The van der Waals surface area contributed by atoms with E-state index in [1.165, 1.54) is 5.56 Å². The molecule has 0 atom stereocenters. The third-order valence-electron chi connectivity index (χ3n) is 3.41. The van der Waals surface area contributed by atoms with Crippen LogP contribution >= 0.6 is 0 Å². The fraction of sp³-hybridized carbons (Fsp3) is 0.438. The maximum absolute atomic E-state index is 5.72. The van der Waals surface area contributed by atoms with E-state index in [1.807, 2.05) is 16.8 Å². The number of anilines is 1. The van der Waals surface area contributed by atoms with Gasteiger partial charge in [0.1, 0.15) is 0 Å². The number of nitrogen functional groups attached to an aromatic ring is 1. The zero-order valence-corrected chi connectivity index (χ0v) is 12.6. The van der Waals surface area contributed by atoms with Crippen LogP contribution < -0.4 is 5.73 Å². The van der Waals surface area contributed by atoms with E-state index in [0.717, 1.165) is 31.0 Å². The summed E-state index contributed by atoms with van der Waals surface area (Å²) in [6.45, 7) is 9.26. The summed E-state index contributed by atoms with van der Waals surface area (Å²) in [5, 5.41) is 4.61. The molecule has 0 saturated heterocycles. The van der Waals surface area contributed by atoms with E-state index >= 15 is 0 Å². The average Bonchev–Trinajstić information content (AvgIpc) is 2.89. The molecule has 0 amide bonds. The maximum Gasteiger partial charge on any atom is 0.0765 e. The highest BCUT2D eigenvalue weighted by molar-refractivity contribution is 5.39. The molecule has 0 unspecified atom stereocenters. The van der Waals surface area contributed by atoms with Gasteiger partial charge in [-0.1, -0.05) is 19.1 Å². The van der Waals surface area contributed by atoms with Crippen molar-refractivity contribution >= 4 is 5.69 Å². The van der Waals surface area contributed by atoms with Crippen molar-refractivity contribution in [2.45, 2.75) is 39.9 Å². The summed E-state index contributed by atoms with van der Waals surface area (Å²) in [6, 6.07) is 10.6. The monoisotopic (exact) mass is 272 g/mol. The van der Waals surface area contributed by atoms with Gasteiger partial charge in [-0.2, -0.15) is 5.10 Å². The molecule has 1 aromatic carbocycles. The van der Waals surface area contributed by atoms with Gasteiger partial charge in [-0.25, -0.2) is 0 Å². The van der Waals surface area contributed by atoms with E-state index in [-0.39, 0.29) is 0 Å². The van der Waals surface area contributed by atoms with Crippen molar-refractivity contribution in [2.75, 3.05) is 12.3 Å². The van der Waals surface area contributed by atoms with Gasteiger partial charge < -0.3 is 5.73 Å². The minimum absolute atomic E-state index is 0.413. The summed E-state index contributed by atoms with van der Waals surface area (Å²) in [7, 11) is 0. The molecule has 0 saturated carbocycles. The van der Waals surface area contributed by atoms with Crippen LogP contribution in [0.4, 0.5) is 5.69 Å². The quantitative estimate of drug-likeness (QED) is 0.822. The third kappa shape index (κ3) is 3.84. The molecule has 0 aliphatic carbocycles. The van der Waals surface area contributed by atoms with Crippen LogP contribution in [0.25, 0.3) is 0 Å². The molecule has 2 rings (SSSR count). The van der Waals surface area contributed by atoms with Gasteiger partial charge in [0.05, 0.1) is 5.69 Å². The Kier molecular flexibility index (Phi) is 4.79. The molecule has 2 aromatic rings. The first-order valence-corrected chi connectivity index (χ1v) is 7.19. The van der Waals surface area contributed by atoms with E-state index in [1.54, 1.807) is 0 Å². The predicted molar refractivity (Wildman–Crippen MR) is 83.3 cm³/mol. The molecule has 4 nitrogen and oxygen atoms in total. The van der Waals surface area contributed by atoms with Gasteiger partial charge in [-0.05, 0) is 44.2 Å². The molecule has 1 heterocycles. The van der Waals surface area contributed by atoms with Crippen molar-refractivity contribution in [1.29, 1.82) is 0 Å². The minimum Gasteiger partial charge on any atom is -0.399 e. The Bertz CT molecular complexity index is 528. The Hall–Kier alpha value is -1.81. The zero-order chi connectivity index (χ0) is 14.5. The normalized spacial score (nSPS) is 11.4. The zero-order valence-electron chi connectivity index (χ0n) is 12.6. The maximum atomic E-state index is 5.72. The van der Waals surface area contributed by atoms with Gasteiger partial charge in [-0.15, -0.1) is 0 Å². The Morgan fingerprint density at radius 3 is 2.40 bits per heavy atom. The van der Waals surface area contributed by atoms with Gasteiger partial charge in [0.2, 0.25) is 0 Å². The third-order valence-corrected chi connectivity index (χ3v) is 3.41. The molecule has 108 valence electrons.